The molecule has 0 saturated heterocycles. The molecule has 0 aromatic carbocycles. The summed E-state index contributed by atoms with van der Waals surface area (Å²) in [6, 6.07) is 0. The molecule has 1 saturated carbocycles. The molecule has 0 bridgehead atoms. The summed E-state index contributed by atoms with van der Waals surface area (Å²) in [4.78, 5) is 12.7. The summed E-state index contributed by atoms with van der Waals surface area (Å²) in [5, 5.41) is 0.730. The Hall–Kier alpha value is -0.410. The lowest BCUT2D eigenvalue weighted by Crippen LogP contribution is -2.49. The van der Waals surface area contributed by atoms with E-state index in [1.807, 2.05) is 0 Å². The lowest BCUT2D eigenvalue weighted by Gasteiger charge is -2.48. The van der Waals surface area contributed by atoms with Crippen molar-refractivity contribution in [1.29, 1.82) is 0 Å². The maximum atomic E-state index is 12.7. The number of hydrogen-bond donors (Lipinski definition) is 0. The summed E-state index contributed by atoms with van der Waals surface area (Å²) in [5.74, 6) is 0.842. The summed E-state index contributed by atoms with van der Waals surface area (Å²) in [6.45, 7) is 8.63. The van der Waals surface area contributed by atoms with Crippen LogP contribution < -0.4 is 0 Å². The lowest BCUT2D eigenvalue weighted by molar-refractivity contribution is -0.133. The quantitative estimate of drug-likeness (QED) is 0.580. The van der Waals surface area contributed by atoms with Crippen LogP contribution in [0.2, 0.25) is 0 Å². The number of ether oxygens (including phenoxy) is 1. The smallest absolute Gasteiger partial charge is 0.188 e. The monoisotopic (exact) mass is 326 g/mol. The van der Waals surface area contributed by atoms with Gasteiger partial charge in [-0.3, -0.25) is 4.79 Å². The Bertz CT molecular complexity index is 426. The normalized spacial score (nSPS) is 38.6. The number of alkyl halides is 1. The van der Waals surface area contributed by atoms with Gasteiger partial charge in [0, 0.05) is 23.9 Å². The highest BCUT2D eigenvalue weighted by Crippen LogP contribution is 2.52. The number of rotatable bonds is 3. The molecule has 0 amide bonds. The fourth-order valence-corrected chi connectivity index (χ4v) is 4.03. The minimum atomic E-state index is -0.352. The van der Waals surface area contributed by atoms with Gasteiger partial charge in [-0.1, -0.05) is 48.0 Å². The van der Waals surface area contributed by atoms with Gasteiger partial charge in [-0.25, -0.2) is 0 Å². The highest BCUT2D eigenvalue weighted by molar-refractivity contribution is 9.09. The second-order valence-corrected chi connectivity index (χ2v) is 6.70. The fourth-order valence-electron chi connectivity index (χ4n) is 3.62. The van der Waals surface area contributed by atoms with Gasteiger partial charge in [0.1, 0.15) is 6.10 Å². The maximum Gasteiger partial charge on any atom is 0.188 e. The van der Waals surface area contributed by atoms with Gasteiger partial charge in [0.2, 0.25) is 0 Å². The van der Waals surface area contributed by atoms with Gasteiger partial charge in [0.05, 0.1) is 0 Å². The minimum Gasteiger partial charge on any atom is -0.373 e. The Balaban J connectivity index is 2.42. The summed E-state index contributed by atoms with van der Waals surface area (Å²) in [7, 11) is 1.63. The molecule has 0 spiro atoms. The first-order valence-electron chi connectivity index (χ1n) is 6.97. The van der Waals surface area contributed by atoms with Crippen molar-refractivity contribution in [2.75, 3.05) is 12.4 Å². The molecule has 1 fully saturated rings. The molecule has 0 N–H and O–H groups in total. The first kappa shape index (κ1) is 15.0. The van der Waals surface area contributed by atoms with Gasteiger partial charge in [0.15, 0.2) is 5.78 Å². The number of Topliss-reactive ketones (excluding diaryl/α,β-unsaturated/α-hetero) is 1. The number of fused-ring (bicyclic) bond motifs is 1. The number of allylic oxidation sites excluding steroid dienone is 1. The third-order valence-corrected chi connectivity index (χ3v) is 5.85. The Morgan fingerprint density at radius 2 is 2.32 bits per heavy atom. The molecule has 0 aromatic heterocycles. The van der Waals surface area contributed by atoms with E-state index in [9.17, 15) is 4.79 Å². The van der Waals surface area contributed by atoms with E-state index in [2.05, 4.69) is 42.4 Å². The highest BCUT2D eigenvalue weighted by Gasteiger charge is 2.50. The van der Waals surface area contributed by atoms with E-state index in [4.69, 9.17) is 4.74 Å². The van der Waals surface area contributed by atoms with E-state index in [1.165, 1.54) is 6.42 Å². The van der Waals surface area contributed by atoms with E-state index >= 15 is 0 Å². The topological polar surface area (TPSA) is 26.3 Å². The van der Waals surface area contributed by atoms with E-state index in [-0.39, 0.29) is 23.2 Å². The molecule has 2 aliphatic carbocycles. The Morgan fingerprint density at radius 1 is 1.63 bits per heavy atom. The zero-order chi connectivity index (χ0) is 14.2. The third kappa shape index (κ3) is 2.36. The Labute approximate surface area is 124 Å². The van der Waals surface area contributed by atoms with Crippen LogP contribution in [0.25, 0.3) is 0 Å². The van der Waals surface area contributed by atoms with Gasteiger partial charge in [-0.2, -0.15) is 0 Å². The molecular formula is C16H23BrO2. The van der Waals surface area contributed by atoms with Crippen molar-refractivity contribution in [2.24, 2.45) is 17.3 Å². The second kappa shape index (κ2) is 5.53. The van der Waals surface area contributed by atoms with Crippen molar-refractivity contribution >= 4 is 21.7 Å². The molecule has 0 radical (unpaired) electrons. The number of carbonyl (C=O) groups excluding carboxylic acids is 1. The number of methoxy groups -OCH3 is 1. The van der Waals surface area contributed by atoms with Crippen LogP contribution in [0.15, 0.2) is 23.8 Å². The van der Waals surface area contributed by atoms with Crippen molar-refractivity contribution in [3.63, 3.8) is 0 Å². The van der Waals surface area contributed by atoms with Gasteiger partial charge in [0.25, 0.3) is 0 Å². The van der Waals surface area contributed by atoms with Crippen LogP contribution in [-0.4, -0.2) is 24.3 Å². The summed E-state index contributed by atoms with van der Waals surface area (Å²) < 4.78 is 5.50. The SMILES string of the molecule is C=C(CBr)C1CC2(C)C(=CCCC2C)C(=O)C1OC. The van der Waals surface area contributed by atoms with Gasteiger partial charge in [-0.05, 0) is 30.6 Å². The average Bonchev–Trinajstić information content (AvgIpc) is 2.40. The predicted octanol–water partition coefficient (Wildman–Crippen LogP) is 3.90. The average molecular weight is 327 g/mol. The van der Waals surface area contributed by atoms with Crippen molar-refractivity contribution in [3.8, 4) is 0 Å². The zero-order valence-corrected chi connectivity index (χ0v) is 13.6. The first-order chi connectivity index (χ1) is 8.95. The molecule has 2 rings (SSSR count). The summed E-state index contributed by atoms with van der Waals surface area (Å²) in [6.07, 6.45) is 4.93. The predicted molar refractivity (Wildman–Crippen MR) is 81.4 cm³/mol. The molecule has 19 heavy (non-hydrogen) atoms. The van der Waals surface area contributed by atoms with Crippen LogP contribution in [0.1, 0.15) is 33.1 Å². The minimum absolute atomic E-state index is 0.0138. The maximum absolute atomic E-state index is 12.7. The van der Waals surface area contributed by atoms with Crippen LogP contribution in [0, 0.1) is 17.3 Å². The van der Waals surface area contributed by atoms with E-state index in [0.717, 1.165) is 29.3 Å². The largest absolute Gasteiger partial charge is 0.373 e. The van der Waals surface area contributed by atoms with Crippen LogP contribution >= 0.6 is 15.9 Å². The van der Waals surface area contributed by atoms with Crippen LogP contribution in [-0.2, 0) is 9.53 Å². The van der Waals surface area contributed by atoms with E-state index in [0.29, 0.717) is 5.92 Å². The number of ketones is 1. The Kier molecular flexibility index (Phi) is 4.36. The zero-order valence-electron chi connectivity index (χ0n) is 12.0. The second-order valence-electron chi connectivity index (χ2n) is 6.14. The highest BCUT2D eigenvalue weighted by atomic mass is 79.9. The summed E-state index contributed by atoms with van der Waals surface area (Å²) >= 11 is 3.47. The van der Waals surface area contributed by atoms with Gasteiger partial charge >= 0.3 is 0 Å². The van der Waals surface area contributed by atoms with Gasteiger partial charge in [-0.15, -0.1) is 0 Å². The molecule has 0 aliphatic heterocycles. The first-order valence-corrected chi connectivity index (χ1v) is 8.09. The van der Waals surface area contributed by atoms with Crippen molar-refractivity contribution < 1.29 is 9.53 Å². The van der Waals surface area contributed by atoms with Crippen molar-refractivity contribution in [1.82, 2.24) is 0 Å². The number of halogens is 1. The fraction of sp³-hybridized carbons (Fsp3) is 0.688. The van der Waals surface area contributed by atoms with Crippen molar-refractivity contribution in [2.45, 2.75) is 39.2 Å². The summed E-state index contributed by atoms with van der Waals surface area (Å²) in [5.41, 5.74) is 2.05. The van der Waals surface area contributed by atoms with E-state index in [1.54, 1.807) is 7.11 Å². The Morgan fingerprint density at radius 3 is 2.89 bits per heavy atom. The molecule has 4 unspecified atom stereocenters. The number of carbonyl (C=O) groups is 1. The standard InChI is InChI=1S/C16H23BrO2/c1-10(9-17)12-8-16(3)11(2)6-5-7-13(16)14(18)15(12)19-4/h7,11-12,15H,1,5-6,8-9H2,2-4H3. The molecule has 3 heteroatoms. The van der Waals surface area contributed by atoms with Gasteiger partial charge < -0.3 is 4.74 Å². The molecule has 2 aliphatic rings. The van der Waals surface area contributed by atoms with Crippen molar-refractivity contribution in [3.05, 3.63) is 23.8 Å². The van der Waals surface area contributed by atoms with E-state index < -0.39 is 0 Å². The molecule has 2 nitrogen and oxygen atoms in total. The third-order valence-electron chi connectivity index (χ3n) is 5.13. The molecule has 0 aromatic rings. The lowest BCUT2D eigenvalue weighted by atomic mass is 9.56. The number of hydrogen-bond acceptors (Lipinski definition) is 2. The molecule has 4 atom stereocenters. The molecule has 106 valence electrons. The van der Waals surface area contributed by atoms with Crippen LogP contribution in [0.3, 0.4) is 0 Å². The molecule has 0 heterocycles. The van der Waals surface area contributed by atoms with Crippen LogP contribution in [0.5, 0.6) is 0 Å². The molecular weight excluding hydrogens is 304 g/mol. The van der Waals surface area contributed by atoms with Crippen LogP contribution in [0.4, 0.5) is 0 Å².